The zero-order valence-electron chi connectivity index (χ0n) is 27.9. The van der Waals surface area contributed by atoms with Crippen LogP contribution in [0.1, 0.15) is 94.8 Å². The standard InChI is InChI=1S/C34H44F3N5O5S/c1-6-26(43)40-27(30(45)42-15-13-33(5,47)14-16-42)21(4)23-11-12-25(24(35)17-23)39-29(44)28(22-9-7-19(2)8-10-22)41-31(46)34(36,37)32-38-20(3)18-48-32/h11-12,17-19,21,27,47H,6-10,13-16H2,1-5H3,(H,39,44)(H,40,43)(H,41,46)/t19?,21-,27+/m0/s1. The number of nitrogens with zero attached hydrogens (tertiary/aromatic N) is 2. The number of aryl methyl sites for hydroxylation is 1. The van der Waals surface area contributed by atoms with Gasteiger partial charge in [-0.1, -0.05) is 26.8 Å². The molecule has 4 amide bonds. The Balaban J connectivity index is 1.55. The summed E-state index contributed by atoms with van der Waals surface area (Å²) in [6.45, 7) is 9.21. The van der Waals surface area contributed by atoms with Crippen LogP contribution in [0.5, 0.6) is 0 Å². The molecule has 1 saturated carbocycles. The zero-order valence-corrected chi connectivity index (χ0v) is 28.7. The molecule has 1 aliphatic heterocycles. The van der Waals surface area contributed by atoms with Crippen LogP contribution in [0.2, 0.25) is 0 Å². The third-order valence-corrected chi connectivity index (χ3v) is 10.2. The van der Waals surface area contributed by atoms with Crippen molar-refractivity contribution in [2.75, 3.05) is 18.4 Å². The molecule has 0 bridgehead atoms. The van der Waals surface area contributed by atoms with Gasteiger partial charge in [0.25, 0.3) is 5.91 Å². The second-order valence-electron chi connectivity index (χ2n) is 13.2. The molecule has 1 saturated heterocycles. The molecule has 262 valence electrons. The van der Waals surface area contributed by atoms with Gasteiger partial charge in [0.2, 0.25) is 11.8 Å². The van der Waals surface area contributed by atoms with Crippen molar-refractivity contribution in [1.82, 2.24) is 20.5 Å². The number of hydrogen-bond acceptors (Lipinski definition) is 7. The summed E-state index contributed by atoms with van der Waals surface area (Å²) >= 11 is 0.635. The fourth-order valence-electron chi connectivity index (χ4n) is 5.83. The first-order valence-electron chi connectivity index (χ1n) is 16.3. The van der Waals surface area contributed by atoms with Crippen molar-refractivity contribution in [2.45, 2.75) is 103 Å². The van der Waals surface area contributed by atoms with E-state index in [2.05, 4.69) is 20.9 Å². The van der Waals surface area contributed by atoms with Crippen molar-refractivity contribution in [2.24, 2.45) is 5.92 Å². The third kappa shape index (κ3) is 8.81. The van der Waals surface area contributed by atoms with Crippen LogP contribution in [0, 0.1) is 18.7 Å². The topological polar surface area (TPSA) is 141 Å². The summed E-state index contributed by atoms with van der Waals surface area (Å²) in [6.07, 6.45) is 3.07. The first kappa shape index (κ1) is 37.0. The molecular formula is C34H44F3N5O5S. The van der Waals surface area contributed by atoms with Crippen LogP contribution in [0.25, 0.3) is 0 Å². The van der Waals surface area contributed by atoms with E-state index in [0.717, 1.165) is 6.07 Å². The Hall–Kier alpha value is -3.78. The van der Waals surface area contributed by atoms with Crippen LogP contribution in [-0.4, -0.2) is 63.4 Å². The summed E-state index contributed by atoms with van der Waals surface area (Å²) in [7, 11) is 0. The van der Waals surface area contributed by atoms with Gasteiger partial charge < -0.3 is 26.0 Å². The van der Waals surface area contributed by atoms with Gasteiger partial charge in [0.05, 0.1) is 11.3 Å². The van der Waals surface area contributed by atoms with Gasteiger partial charge in [0.1, 0.15) is 17.6 Å². The molecule has 2 aliphatic rings. The molecule has 14 heteroatoms. The van der Waals surface area contributed by atoms with Crippen LogP contribution >= 0.6 is 11.3 Å². The molecule has 2 fully saturated rings. The Morgan fingerprint density at radius 3 is 2.38 bits per heavy atom. The van der Waals surface area contributed by atoms with Gasteiger partial charge in [-0.3, -0.25) is 19.2 Å². The van der Waals surface area contributed by atoms with Crippen LogP contribution in [-0.2, 0) is 25.1 Å². The van der Waals surface area contributed by atoms with E-state index in [9.17, 15) is 24.3 Å². The average molecular weight is 692 g/mol. The van der Waals surface area contributed by atoms with E-state index in [1.54, 1.807) is 25.7 Å². The summed E-state index contributed by atoms with van der Waals surface area (Å²) in [5.74, 6) is -8.53. The number of benzene rings is 1. The summed E-state index contributed by atoms with van der Waals surface area (Å²) in [5, 5.41) is 18.3. The molecule has 0 radical (unpaired) electrons. The van der Waals surface area contributed by atoms with E-state index in [4.69, 9.17) is 0 Å². The normalized spacial score (nSPS) is 19.2. The van der Waals surface area contributed by atoms with Crippen molar-refractivity contribution < 1.29 is 37.5 Å². The average Bonchev–Trinajstić information content (AvgIpc) is 3.50. The van der Waals surface area contributed by atoms with E-state index in [0.29, 0.717) is 85.7 Å². The van der Waals surface area contributed by atoms with E-state index in [-0.39, 0.29) is 29.6 Å². The van der Waals surface area contributed by atoms with Gasteiger partial charge in [-0.25, -0.2) is 9.37 Å². The van der Waals surface area contributed by atoms with E-state index >= 15 is 13.2 Å². The molecule has 1 aromatic heterocycles. The molecule has 2 atom stereocenters. The molecule has 1 aliphatic carbocycles. The summed E-state index contributed by atoms with van der Waals surface area (Å²) < 4.78 is 45.7. The minimum Gasteiger partial charge on any atom is -0.390 e. The second-order valence-corrected chi connectivity index (χ2v) is 14.0. The lowest BCUT2D eigenvalue weighted by atomic mass is 9.86. The largest absolute Gasteiger partial charge is 0.390 e. The lowest BCUT2D eigenvalue weighted by molar-refractivity contribution is -0.146. The highest BCUT2D eigenvalue weighted by Gasteiger charge is 2.45. The number of nitrogens with one attached hydrogen (secondary N) is 3. The van der Waals surface area contributed by atoms with Crippen molar-refractivity contribution in [3.63, 3.8) is 0 Å². The second kappa shape index (κ2) is 15.2. The van der Waals surface area contributed by atoms with Gasteiger partial charge in [-0.15, -0.1) is 11.3 Å². The highest BCUT2D eigenvalue weighted by molar-refractivity contribution is 7.09. The maximum atomic E-state index is 15.6. The number of hydrogen-bond donors (Lipinski definition) is 4. The number of amides is 4. The number of alkyl halides is 2. The fourth-order valence-corrected chi connectivity index (χ4v) is 6.60. The third-order valence-electron chi connectivity index (χ3n) is 9.19. The maximum absolute atomic E-state index is 15.6. The zero-order chi connectivity index (χ0) is 35.4. The van der Waals surface area contributed by atoms with Crippen molar-refractivity contribution in [1.29, 1.82) is 0 Å². The number of aliphatic hydroxyl groups is 1. The molecule has 4 N–H and O–H groups in total. The SMILES string of the molecule is CCC(=O)N[C@@H](C(=O)N1CCC(C)(O)CC1)[C@@H](C)c1ccc(NC(=O)C(NC(=O)C(F)(F)c2nc(C)cs2)=C2CCC(C)CC2)c(F)c1. The van der Waals surface area contributed by atoms with Crippen LogP contribution in [0.15, 0.2) is 34.8 Å². The lowest BCUT2D eigenvalue weighted by Crippen LogP contribution is -2.54. The van der Waals surface area contributed by atoms with E-state index < -0.39 is 46.1 Å². The highest BCUT2D eigenvalue weighted by Crippen LogP contribution is 2.34. The first-order chi connectivity index (χ1) is 22.5. The molecular weight excluding hydrogens is 647 g/mol. The summed E-state index contributed by atoms with van der Waals surface area (Å²) in [5.41, 5.74) is -0.293. The van der Waals surface area contributed by atoms with Crippen molar-refractivity contribution >= 4 is 40.7 Å². The number of carbonyl (C=O) groups is 4. The van der Waals surface area contributed by atoms with Gasteiger partial charge in [-0.05, 0) is 81.6 Å². The molecule has 0 unspecified atom stereocenters. The molecule has 2 heterocycles. The smallest absolute Gasteiger partial charge is 0.375 e. The fraction of sp³-hybridized carbons (Fsp3) is 0.559. The van der Waals surface area contributed by atoms with Gasteiger partial charge >= 0.3 is 11.8 Å². The number of thiazole rings is 1. The Kier molecular flexibility index (Phi) is 11.7. The van der Waals surface area contributed by atoms with Crippen molar-refractivity contribution in [3.8, 4) is 0 Å². The van der Waals surface area contributed by atoms with E-state index in [1.165, 1.54) is 24.4 Å². The van der Waals surface area contributed by atoms with Crippen LogP contribution < -0.4 is 16.0 Å². The molecule has 48 heavy (non-hydrogen) atoms. The molecule has 2 aromatic rings. The Morgan fingerprint density at radius 2 is 1.81 bits per heavy atom. The number of likely N-dealkylation sites (tertiary alicyclic amines) is 1. The molecule has 10 nitrogen and oxygen atoms in total. The van der Waals surface area contributed by atoms with Crippen LogP contribution in [0.3, 0.4) is 0 Å². The van der Waals surface area contributed by atoms with Crippen molar-refractivity contribution in [3.05, 3.63) is 56.9 Å². The van der Waals surface area contributed by atoms with Gasteiger partial charge in [0, 0.05) is 36.5 Å². The molecule has 4 rings (SSSR count). The number of halogens is 3. The Bertz CT molecular complexity index is 1560. The number of allylic oxidation sites excluding steroid dienone is 1. The number of aromatic nitrogens is 1. The number of piperidine rings is 1. The number of anilines is 1. The lowest BCUT2D eigenvalue weighted by Gasteiger charge is -2.38. The predicted molar refractivity (Wildman–Crippen MR) is 176 cm³/mol. The molecule has 1 aromatic carbocycles. The maximum Gasteiger partial charge on any atom is 0.375 e. The van der Waals surface area contributed by atoms with Gasteiger partial charge in [-0.2, -0.15) is 8.78 Å². The highest BCUT2D eigenvalue weighted by atomic mass is 32.1. The quantitative estimate of drug-likeness (QED) is 0.250. The monoisotopic (exact) mass is 691 g/mol. The number of carbonyl (C=O) groups excluding carboxylic acids is 4. The summed E-state index contributed by atoms with van der Waals surface area (Å²) in [6, 6.07) is 2.94. The summed E-state index contributed by atoms with van der Waals surface area (Å²) in [4.78, 5) is 57.6. The minimum atomic E-state index is -4.00. The first-order valence-corrected chi connectivity index (χ1v) is 17.2. The van der Waals surface area contributed by atoms with E-state index in [1.807, 2.05) is 6.92 Å². The predicted octanol–water partition coefficient (Wildman–Crippen LogP) is 5.27. The number of rotatable bonds is 10. The Morgan fingerprint density at radius 1 is 1.17 bits per heavy atom. The Labute approximate surface area is 282 Å². The van der Waals surface area contributed by atoms with Gasteiger partial charge in [0.15, 0.2) is 5.01 Å². The minimum absolute atomic E-state index is 0.132. The molecule has 0 spiro atoms. The van der Waals surface area contributed by atoms with Crippen LogP contribution in [0.4, 0.5) is 18.9 Å².